The van der Waals surface area contributed by atoms with E-state index in [4.69, 9.17) is 4.74 Å². The molecule has 2 heterocycles. The summed E-state index contributed by atoms with van der Waals surface area (Å²) < 4.78 is 33.3. The van der Waals surface area contributed by atoms with Crippen LogP contribution in [0, 0.1) is 11.6 Å². The van der Waals surface area contributed by atoms with Crippen molar-refractivity contribution in [2.24, 2.45) is 0 Å². The molecule has 0 aliphatic rings. The van der Waals surface area contributed by atoms with Crippen LogP contribution in [0.4, 0.5) is 13.9 Å². The Morgan fingerprint density at radius 3 is 2.59 bits per heavy atom. The molecule has 0 saturated carbocycles. The molecule has 4 aromatic rings. The SMILES string of the molecule is COc1ccc(SCCC(=O)N(Cc2ccncc2)c2nc3c(F)cc(F)cc3s2)cc1. The molecule has 0 unspecified atom stereocenters. The smallest absolute Gasteiger partial charge is 0.229 e. The molecule has 32 heavy (non-hydrogen) atoms. The van der Waals surface area contributed by atoms with Crippen molar-refractivity contribution in [2.75, 3.05) is 17.8 Å². The zero-order valence-electron chi connectivity index (χ0n) is 17.1. The number of thiazole rings is 1. The Hall–Kier alpha value is -3.04. The van der Waals surface area contributed by atoms with E-state index in [0.29, 0.717) is 15.6 Å². The average molecular weight is 472 g/mol. The molecule has 4 rings (SSSR count). The van der Waals surface area contributed by atoms with Gasteiger partial charge in [0.1, 0.15) is 17.1 Å². The van der Waals surface area contributed by atoms with Gasteiger partial charge in [0.2, 0.25) is 5.91 Å². The number of aromatic nitrogens is 2. The first kappa shape index (κ1) is 22.2. The summed E-state index contributed by atoms with van der Waals surface area (Å²) in [6.45, 7) is 0.262. The highest BCUT2D eigenvalue weighted by Gasteiger charge is 2.21. The van der Waals surface area contributed by atoms with Crippen LogP contribution in [0.1, 0.15) is 12.0 Å². The van der Waals surface area contributed by atoms with Crippen molar-refractivity contribution in [3.8, 4) is 5.75 Å². The molecule has 2 aromatic heterocycles. The Morgan fingerprint density at radius 1 is 1.12 bits per heavy atom. The number of hydrogen-bond donors (Lipinski definition) is 0. The number of amides is 1. The number of methoxy groups -OCH3 is 1. The predicted octanol–water partition coefficient (Wildman–Crippen LogP) is 5.69. The fourth-order valence-electron chi connectivity index (χ4n) is 3.06. The van der Waals surface area contributed by atoms with Gasteiger partial charge in [-0.1, -0.05) is 11.3 Å². The number of halogens is 2. The molecular formula is C23H19F2N3O2S2. The number of ether oxygens (including phenoxy) is 1. The third-order valence-electron chi connectivity index (χ3n) is 4.67. The number of benzene rings is 2. The van der Waals surface area contributed by atoms with Crippen LogP contribution in [0.2, 0.25) is 0 Å². The molecule has 164 valence electrons. The predicted molar refractivity (Wildman–Crippen MR) is 123 cm³/mol. The van der Waals surface area contributed by atoms with Crippen LogP contribution in [0.15, 0.2) is 65.8 Å². The number of carbonyl (C=O) groups excluding carboxylic acids is 1. The minimum absolute atomic E-state index is 0.0616. The van der Waals surface area contributed by atoms with E-state index < -0.39 is 11.6 Å². The van der Waals surface area contributed by atoms with Crippen molar-refractivity contribution >= 4 is 44.4 Å². The van der Waals surface area contributed by atoms with E-state index in [1.165, 1.54) is 11.0 Å². The molecule has 0 N–H and O–H groups in total. The van der Waals surface area contributed by atoms with Crippen LogP contribution in [-0.4, -0.2) is 28.7 Å². The number of pyridine rings is 1. The molecule has 0 fully saturated rings. The Balaban J connectivity index is 1.53. The Labute approximate surface area is 192 Å². The highest BCUT2D eigenvalue weighted by molar-refractivity contribution is 7.99. The molecule has 1 amide bonds. The molecule has 0 atom stereocenters. The van der Waals surface area contributed by atoms with Gasteiger partial charge in [-0.15, -0.1) is 11.8 Å². The summed E-state index contributed by atoms with van der Waals surface area (Å²) in [5.41, 5.74) is 0.925. The zero-order valence-corrected chi connectivity index (χ0v) is 18.8. The summed E-state index contributed by atoms with van der Waals surface area (Å²) in [7, 11) is 1.61. The quantitative estimate of drug-likeness (QED) is 0.309. The van der Waals surface area contributed by atoms with Crippen molar-refractivity contribution in [3.05, 3.63) is 78.1 Å². The van der Waals surface area contributed by atoms with E-state index in [9.17, 15) is 13.6 Å². The second-order valence-corrected chi connectivity index (χ2v) is 9.02. The third-order valence-corrected chi connectivity index (χ3v) is 6.71. The molecule has 0 saturated heterocycles. The monoisotopic (exact) mass is 471 g/mol. The lowest BCUT2D eigenvalue weighted by Gasteiger charge is -2.20. The summed E-state index contributed by atoms with van der Waals surface area (Å²) in [6, 6.07) is 13.3. The minimum Gasteiger partial charge on any atom is -0.497 e. The molecule has 0 aliphatic carbocycles. The van der Waals surface area contributed by atoms with Crippen molar-refractivity contribution < 1.29 is 18.3 Å². The van der Waals surface area contributed by atoms with Crippen LogP contribution in [-0.2, 0) is 11.3 Å². The van der Waals surface area contributed by atoms with Gasteiger partial charge >= 0.3 is 0 Å². The summed E-state index contributed by atoms with van der Waals surface area (Å²) in [6.07, 6.45) is 3.55. The molecule has 9 heteroatoms. The number of hydrogen-bond acceptors (Lipinski definition) is 6. The van der Waals surface area contributed by atoms with Crippen LogP contribution in [0.3, 0.4) is 0 Å². The number of fused-ring (bicyclic) bond motifs is 1. The first-order valence-corrected chi connectivity index (χ1v) is 11.6. The Bertz CT molecular complexity index is 1220. The van der Waals surface area contributed by atoms with Gasteiger partial charge in [-0.2, -0.15) is 0 Å². The maximum Gasteiger partial charge on any atom is 0.229 e. The summed E-state index contributed by atoms with van der Waals surface area (Å²) in [5, 5.41) is 0.334. The Morgan fingerprint density at radius 2 is 1.88 bits per heavy atom. The highest BCUT2D eigenvalue weighted by Crippen LogP contribution is 2.32. The maximum absolute atomic E-state index is 14.2. The van der Waals surface area contributed by atoms with E-state index in [1.54, 1.807) is 43.4 Å². The molecule has 5 nitrogen and oxygen atoms in total. The summed E-state index contributed by atoms with van der Waals surface area (Å²) in [5.74, 6) is -0.232. The van der Waals surface area contributed by atoms with Crippen molar-refractivity contribution in [1.82, 2.24) is 9.97 Å². The van der Waals surface area contributed by atoms with Crippen LogP contribution in [0.5, 0.6) is 5.75 Å². The number of anilines is 1. The van der Waals surface area contributed by atoms with Crippen LogP contribution in [0.25, 0.3) is 10.2 Å². The lowest BCUT2D eigenvalue weighted by molar-refractivity contribution is -0.118. The van der Waals surface area contributed by atoms with Crippen LogP contribution >= 0.6 is 23.1 Å². The normalized spacial score (nSPS) is 11.0. The van der Waals surface area contributed by atoms with Gasteiger partial charge in [-0.3, -0.25) is 14.7 Å². The summed E-state index contributed by atoms with van der Waals surface area (Å²) in [4.78, 5) is 24.0. The van der Waals surface area contributed by atoms with E-state index in [-0.39, 0.29) is 24.4 Å². The second-order valence-electron chi connectivity index (χ2n) is 6.84. The van der Waals surface area contributed by atoms with Crippen molar-refractivity contribution in [2.45, 2.75) is 17.9 Å². The average Bonchev–Trinajstić information content (AvgIpc) is 3.22. The van der Waals surface area contributed by atoms with Crippen LogP contribution < -0.4 is 9.64 Å². The van der Waals surface area contributed by atoms with Gasteiger partial charge in [-0.05, 0) is 48.0 Å². The largest absolute Gasteiger partial charge is 0.497 e. The number of thioether (sulfide) groups is 1. The first-order valence-electron chi connectivity index (χ1n) is 9.75. The standard InChI is InChI=1S/C23H19F2N3O2S2/c1-30-17-2-4-18(5-3-17)31-11-8-21(29)28(14-15-6-9-26-10-7-15)23-27-22-19(25)12-16(24)13-20(22)32-23/h2-7,9-10,12-13H,8,11,14H2,1H3. The van der Waals surface area contributed by atoms with Gasteiger partial charge in [0.15, 0.2) is 10.9 Å². The molecule has 0 radical (unpaired) electrons. The lowest BCUT2D eigenvalue weighted by Crippen LogP contribution is -2.30. The van der Waals surface area contributed by atoms with E-state index in [0.717, 1.165) is 33.6 Å². The highest BCUT2D eigenvalue weighted by atomic mass is 32.2. The fraction of sp³-hybridized carbons (Fsp3) is 0.174. The summed E-state index contributed by atoms with van der Waals surface area (Å²) >= 11 is 2.65. The topological polar surface area (TPSA) is 55.3 Å². The minimum atomic E-state index is -0.742. The molecule has 2 aromatic carbocycles. The van der Waals surface area contributed by atoms with Gasteiger partial charge in [-0.25, -0.2) is 13.8 Å². The van der Waals surface area contributed by atoms with E-state index >= 15 is 0 Å². The van der Waals surface area contributed by atoms with Gasteiger partial charge in [0.05, 0.1) is 18.4 Å². The lowest BCUT2D eigenvalue weighted by atomic mass is 10.2. The Kier molecular flexibility index (Phi) is 6.96. The third kappa shape index (κ3) is 5.23. The number of rotatable bonds is 8. The van der Waals surface area contributed by atoms with E-state index in [2.05, 4.69) is 9.97 Å². The van der Waals surface area contributed by atoms with Gasteiger partial charge in [0.25, 0.3) is 0 Å². The molecule has 0 spiro atoms. The van der Waals surface area contributed by atoms with Gasteiger partial charge in [0, 0.05) is 35.5 Å². The molecular weight excluding hydrogens is 452 g/mol. The van der Waals surface area contributed by atoms with Crippen molar-refractivity contribution in [1.29, 1.82) is 0 Å². The maximum atomic E-state index is 14.2. The van der Waals surface area contributed by atoms with Crippen molar-refractivity contribution in [3.63, 3.8) is 0 Å². The zero-order chi connectivity index (χ0) is 22.5. The number of nitrogens with zero attached hydrogens (tertiary/aromatic N) is 3. The first-order chi connectivity index (χ1) is 15.5. The molecule has 0 aliphatic heterocycles. The fourth-order valence-corrected chi connectivity index (χ4v) is 4.92. The molecule has 0 bridgehead atoms. The van der Waals surface area contributed by atoms with E-state index in [1.807, 2.05) is 24.3 Å². The van der Waals surface area contributed by atoms with Gasteiger partial charge < -0.3 is 4.74 Å². The second kappa shape index (κ2) is 10.1. The number of carbonyl (C=O) groups is 1.